The maximum atomic E-state index is 4.25. The van der Waals surface area contributed by atoms with Crippen LogP contribution < -0.4 is 0 Å². The first-order valence-corrected chi connectivity index (χ1v) is 10.2. The van der Waals surface area contributed by atoms with Crippen molar-refractivity contribution in [2.45, 2.75) is 110 Å². The number of hydrogen-bond donors (Lipinski definition) is 0. The highest BCUT2D eigenvalue weighted by Gasteiger charge is 2.25. The molecule has 1 atom stereocenters. The number of hydrogen-bond acceptors (Lipinski definition) is 1. The molecule has 0 aromatic heterocycles. The number of nitrogens with zero attached hydrogens (tertiary/aromatic N) is 1. The molecule has 0 bridgehead atoms. The predicted octanol–water partition coefficient (Wildman–Crippen LogP) is 6.73. The first-order valence-electron chi connectivity index (χ1n) is 10.2. The molecule has 1 unspecified atom stereocenters. The SMILES string of the molecule is C=C1CC(CCCCCCCC)N(CCCCCCCC)C1. The molecule has 0 radical (unpaired) electrons. The second kappa shape index (κ2) is 13.2. The van der Waals surface area contributed by atoms with Gasteiger partial charge in [0.1, 0.15) is 0 Å². The van der Waals surface area contributed by atoms with Gasteiger partial charge in [-0.3, -0.25) is 4.90 Å². The minimum absolute atomic E-state index is 0.814. The third kappa shape index (κ3) is 8.98. The predicted molar refractivity (Wildman–Crippen MR) is 100 cm³/mol. The lowest BCUT2D eigenvalue weighted by molar-refractivity contribution is 0.234. The number of unbranched alkanes of at least 4 members (excludes halogenated alkanes) is 10. The third-order valence-electron chi connectivity index (χ3n) is 5.16. The monoisotopic (exact) mass is 307 g/mol. The lowest BCUT2D eigenvalue weighted by Crippen LogP contribution is -2.30. The molecule has 1 aliphatic heterocycles. The average molecular weight is 308 g/mol. The molecule has 0 spiro atoms. The molecule has 1 heterocycles. The van der Waals surface area contributed by atoms with E-state index in [0.29, 0.717) is 0 Å². The molecule has 1 heteroatoms. The molecule has 22 heavy (non-hydrogen) atoms. The van der Waals surface area contributed by atoms with Crippen molar-refractivity contribution in [1.29, 1.82) is 0 Å². The Labute approximate surface area is 140 Å². The maximum absolute atomic E-state index is 4.25. The second-order valence-corrected chi connectivity index (χ2v) is 7.40. The van der Waals surface area contributed by atoms with E-state index in [0.717, 1.165) is 6.04 Å². The molecule has 1 aliphatic rings. The Bertz CT molecular complexity index is 245. The molecule has 0 N–H and O–H groups in total. The van der Waals surface area contributed by atoms with Crippen LogP contribution in [-0.2, 0) is 0 Å². The van der Waals surface area contributed by atoms with E-state index >= 15 is 0 Å². The second-order valence-electron chi connectivity index (χ2n) is 7.40. The fourth-order valence-electron chi connectivity index (χ4n) is 3.74. The summed E-state index contributed by atoms with van der Waals surface area (Å²) in [5.74, 6) is 0. The summed E-state index contributed by atoms with van der Waals surface area (Å²) in [6.45, 7) is 11.3. The van der Waals surface area contributed by atoms with Gasteiger partial charge in [-0.1, -0.05) is 96.6 Å². The molecule has 0 saturated carbocycles. The van der Waals surface area contributed by atoms with Crippen LogP contribution in [0.4, 0.5) is 0 Å². The Morgan fingerprint density at radius 1 is 0.818 bits per heavy atom. The Morgan fingerprint density at radius 3 is 2.00 bits per heavy atom. The van der Waals surface area contributed by atoms with Crippen LogP contribution in [-0.4, -0.2) is 24.0 Å². The zero-order valence-corrected chi connectivity index (χ0v) is 15.5. The summed E-state index contributed by atoms with van der Waals surface area (Å²) < 4.78 is 0. The molecule has 0 aromatic carbocycles. The molecule has 0 aromatic rings. The van der Waals surface area contributed by atoms with Gasteiger partial charge in [-0.15, -0.1) is 0 Å². The Morgan fingerprint density at radius 2 is 1.36 bits per heavy atom. The summed E-state index contributed by atoms with van der Waals surface area (Å²) in [7, 11) is 0. The van der Waals surface area contributed by atoms with Crippen molar-refractivity contribution in [3.05, 3.63) is 12.2 Å². The molecule has 0 amide bonds. The van der Waals surface area contributed by atoms with Crippen molar-refractivity contribution in [2.24, 2.45) is 0 Å². The zero-order valence-electron chi connectivity index (χ0n) is 15.5. The Kier molecular flexibility index (Phi) is 11.8. The van der Waals surface area contributed by atoms with Crippen LogP contribution in [0.2, 0.25) is 0 Å². The topological polar surface area (TPSA) is 3.24 Å². The number of likely N-dealkylation sites (tertiary alicyclic amines) is 1. The molecule has 1 nitrogen and oxygen atoms in total. The average Bonchev–Trinajstić information content (AvgIpc) is 2.86. The number of rotatable bonds is 14. The first kappa shape index (κ1) is 19.7. The van der Waals surface area contributed by atoms with Crippen LogP contribution >= 0.6 is 0 Å². The van der Waals surface area contributed by atoms with E-state index in [9.17, 15) is 0 Å². The van der Waals surface area contributed by atoms with Crippen molar-refractivity contribution in [1.82, 2.24) is 4.90 Å². The lowest BCUT2D eigenvalue weighted by atomic mass is 10.0. The molecule has 0 aliphatic carbocycles. The highest BCUT2D eigenvalue weighted by molar-refractivity contribution is 5.07. The van der Waals surface area contributed by atoms with Gasteiger partial charge in [-0.05, 0) is 25.8 Å². The molecule has 1 fully saturated rings. The molecule has 1 rings (SSSR count). The summed E-state index contributed by atoms with van der Waals surface area (Å²) in [4.78, 5) is 2.73. The van der Waals surface area contributed by atoms with Crippen LogP contribution in [0.1, 0.15) is 104 Å². The van der Waals surface area contributed by atoms with Crippen molar-refractivity contribution >= 4 is 0 Å². The molecule has 130 valence electrons. The van der Waals surface area contributed by atoms with E-state index in [1.54, 1.807) is 0 Å². The van der Waals surface area contributed by atoms with Crippen LogP contribution in [0.5, 0.6) is 0 Å². The molecular weight excluding hydrogens is 266 g/mol. The van der Waals surface area contributed by atoms with E-state index in [1.165, 1.54) is 109 Å². The minimum atomic E-state index is 0.814. The summed E-state index contributed by atoms with van der Waals surface area (Å²) in [6, 6.07) is 0.814. The highest BCUT2D eigenvalue weighted by Crippen LogP contribution is 2.26. The van der Waals surface area contributed by atoms with Crippen LogP contribution in [0.25, 0.3) is 0 Å². The van der Waals surface area contributed by atoms with Crippen LogP contribution in [0.15, 0.2) is 12.2 Å². The standard InChI is InChI=1S/C21H41N/c1-4-6-8-10-12-14-16-21-18-20(3)19-22(21)17-15-13-11-9-7-5-2/h21H,3-19H2,1-2H3. The summed E-state index contributed by atoms with van der Waals surface area (Å²) in [6.07, 6.45) is 19.7. The fraction of sp³-hybridized carbons (Fsp3) is 0.905. The van der Waals surface area contributed by atoms with Crippen molar-refractivity contribution in [2.75, 3.05) is 13.1 Å². The first-order chi connectivity index (χ1) is 10.8. The van der Waals surface area contributed by atoms with E-state index < -0.39 is 0 Å². The summed E-state index contributed by atoms with van der Waals surface area (Å²) in [5.41, 5.74) is 1.47. The molecular formula is C21H41N. The van der Waals surface area contributed by atoms with Crippen molar-refractivity contribution in [3.8, 4) is 0 Å². The van der Waals surface area contributed by atoms with Crippen LogP contribution in [0.3, 0.4) is 0 Å². The van der Waals surface area contributed by atoms with Gasteiger partial charge in [-0.25, -0.2) is 0 Å². The van der Waals surface area contributed by atoms with E-state index in [2.05, 4.69) is 25.3 Å². The van der Waals surface area contributed by atoms with E-state index in [4.69, 9.17) is 0 Å². The van der Waals surface area contributed by atoms with Gasteiger partial charge in [0.05, 0.1) is 0 Å². The smallest absolute Gasteiger partial charge is 0.0193 e. The maximum Gasteiger partial charge on any atom is 0.0193 e. The van der Waals surface area contributed by atoms with Gasteiger partial charge in [-0.2, -0.15) is 0 Å². The summed E-state index contributed by atoms with van der Waals surface area (Å²) in [5, 5.41) is 0. The van der Waals surface area contributed by atoms with Gasteiger partial charge in [0.15, 0.2) is 0 Å². The third-order valence-corrected chi connectivity index (χ3v) is 5.16. The van der Waals surface area contributed by atoms with Gasteiger partial charge in [0.2, 0.25) is 0 Å². The quantitative estimate of drug-likeness (QED) is 0.254. The van der Waals surface area contributed by atoms with Gasteiger partial charge >= 0.3 is 0 Å². The minimum Gasteiger partial charge on any atom is -0.296 e. The largest absolute Gasteiger partial charge is 0.296 e. The Hall–Kier alpha value is -0.300. The fourth-order valence-corrected chi connectivity index (χ4v) is 3.74. The van der Waals surface area contributed by atoms with Gasteiger partial charge < -0.3 is 0 Å². The van der Waals surface area contributed by atoms with Gasteiger partial charge in [0, 0.05) is 12.6 Å². The van der Waals surface area contributed by atoms with Crippen molar-refractivity contribution in [3.63, 3.8) is 0 Å². The van der Waals surface area contributed by atoms with E-state index in [1.807, 2.05) is 0 Å². The zero-order chi connectivity index (χ0) is 16.0. The highest BCUT2D eigenvalue weighted by atomic mass is 15.2. The molecule has 1 saturated heterocycles. The Balaban J connectivity index is 2.08. The van der Waals surface area contributed by atoms with Gasteiger partial charge in [0.25, 0.3) is 0 Å². The normalized spacial score (nSPS) is 19.2. The van der Waals surface area contributed by atoms with Crippen LogP contribution in [0, 0.1) is 0 Å². The van der Waals surface area contributed by atoms with Crippen molar-refractivity contribution < 1.29 is 0 Å². The lowest BCUT2D eigenvalue weighted by Gasteiger charge is -2.24. The summed E-state index contributed by atoms with van der Waals surface area (Å²) >= 11 is 0. The van der Waals surface area contributed by atoms with E-state index in [-0.39, 0.29) is 0 Å².